The fraction of sp³-hybridized carbons (Fsp3) is 0.115. The summed E-state index contributed by atoms with van der Waals surface area (Å²) < 4.78 is 17.4. The second kappa shape index (κ2) is 7.85. The average molecular weight is 487 g/mol. The van der Waals surface area contributed by atoms with Crippen molar-refractivity contribution in [3.8, 4) is 17.2 Å². The van der Waals surface area contributed by atoms with Gasteiger partial charge in [-0.15, -0.1) is 0 Å². The number of hydrogen-bond donors (Lipinski definition) is 1. The van der Waals surface area contributed by atoms with E-state index >= 15 is 0 Å². The van der Waals surface area contributed by atoms with E-state index in [-0.39, 0.29) is 28.3 Å². The van der Waals surface area contributed by atoms with E-state index in [0.29, 0.717) is 32.9 Å². The monoisotopic (exact) mass is 486 g/mol. The van der Waals surface area contributed by atoms with Gasteiger partial charge >= 0.3 is 0 Å². The number of carbonyl (C=O) groups excluding carboxylic acids is 1. The van der Waals surface area contributed by atoms with Crippen LogP contribution in [0.15, 0.2) is 69.9 Å². The minimum Gasteiger partial charge on any atom is -0.504 e. The van der Waals surface area contributed by atoms with Gasteiger partial charge in [-0.3, -0.25) is 14.5 Å². The van der Waals surface area contributed by atoms with Crippen LogP contribution in [0.2, 0.25) is 0 Å². The number of phenols is 1. The first-order valence-corrected chi connectivity index (χ1v) is 11.5. The molecule has 1 aliphatic heterocycles. The summed E-state index contributed by atoms with van der Waals surface area (Å²) in [6.45, 7) is 0. The van der Waals surface area contributed by atoms with Crippen LogP contribution in [0, 0.1) is 0 Å². The van der Waals surface area contributed by atoms with Gasteiger partial charge < -0.3 is 19.0 Å². The van der Waals surface area contributed by atoms with Crippen LogP contribution >= 0.6 is 11.3 Å². The zero-order valence-corrected chi connectivity index (χ0v) is 19.5. The van der Waals surface area contributed by atoms with Gasteiger partial charge in [-0.2, -0.15) is 0 Å². The first-order valence-electron chi connectivity index (χ1n) is 10.7. The zero-order chi connectivity index (χ0) is 24.3. The summed E-state index contributed by atoms with van der Waals surface area (Å²) >= 11 is 1.31. The lowest BCUT2D eigenvalue weighted by molar-refractivity contribution is 0.0971. The van der Waals surface area contributed by atoms with Crippen molar-refractivity contribution in [2.75, 3.05) is 19.1 Å². The predicted octanol–water partition coefficient (Wildman–Crippen LogP) is 4.88. The van der Waals surface area contributed by atoms with E-state index in [0.717, 1.165) is 4.70 Å². The quantitative estimate of drug-likeness (QED) is 0.386. The largest absolute Gasteiger partial charge is 0.504 e. The van der Waals surface area contributed by atoms with Gasteiger partial charge in [0.2, 0.25) is 5.76 Å². The Balaban J connectivity index is 1.62. The van der Waals surface area contributed by atoms with Crippen molar-refractivity contribution >= 4 is 43.6 Å². The highest BCUT2D eigenvalue weighted by molar-refractivity contribution is 7.22. The Labute approximate surface area is 202 Å². The van der Waals surface area contributed by atoms with Crippen LogP contribution in [0.3, 0.4) is 0 Å². The molecule has 0 radical (unpaired) electrons. The number of amides is 1. The third-order valence-electron chi connectivity index (χ3n) is 6.09. The molecule has 0 bridgehead atoms. The van der Waals surface area contributed by atoms with Crippen LogP contribution in [-0.4, -0.2) is 30.2 Å². The van der Waals surface area contributed by atoms with Crippen LogP contribution in [-0.2, 0) is 0 Å². The van der Waals surface area contributed by atoms with Gasteiger partial charge in [0.1, 0.15) is 11.3 Å². The number of anilines is 1. The number of carbonyl (C=O) groups is 1. The molecule has 0 fully saturated rings. The molecule has 9 heteroatoms. The smallest absolute Gasteiger partial charge is 0.297 e. The Morgan fingerprint density at radius 2 is 1.86 bits per heavy atom. The van der Waals surface area contributed by atoms with E-state index < -0.39 is 11.9 Å². The molecule has 0 saturated heterocycles. The van der Waals surface area contributed by atoms with Crippen molar-refractivity contribution in [1.82, 2.24) is 4.98 Å². The highest BCUT2D eigenvalue weighted by atomic mass is 32.1. The molecule has 1 aliphatic rings. The van der Waals surface area contributed by atoms with Crippen molar-refractivity contribution in [3.63, 3.8) is 0 Å². The molecule has 0 aliphatic carbocycles. The molecule has 0 unspecified atom stereocenters. The maximum absolute atomic E-state index is 13.8. The number of ether oxygens (including phenoxy) is 2. The Bertz CT molecular complexity index is 1710. The second-order valence-corrected chi connectivity index (χ2v) is 9.02. The third kappa shape index (κ3) is 3.16. The molecule has 0 spiro atoms. The van der Waals surface area contributed by atoms with Gasteiger partial charge in [0.25, 0.3) is 5.91 Å². The molecule has 3 aromatic carbocycles. The Hall–Kier alpha value is -4.37. The van der Waals surface area contributed by atoms with Crippen molar-refractivity contribution < 1.29 is 23.8 Å². The van der Waals surface area contributed by atoms with E-state index in [2.05, 4.69) is 4.98 Å². The van der Waals surface area contributed by atoms with E-state index in [1.165, 1.54) is 29.4 Å². The van der Waals surface area contributed by atoms with Crippen molar-refractivity contribution in [2.24, 2.45) is 0 Å². The number of fused-ring (bicyclic) bond motifs is 3. The lowest BCUT2D eigenvalue weighted by Gasteiger charge is -2.23. The van der Waals surface area contributed by atoms with Gasteiger partial charge in [-0.05, 0) is 48.0 Å². The zero-order valence-electron chi connectivity index (χ0n) is 18.6. The summed E-state index contributed by atoms with van der Waals surface area (Å²) in [7, 11) is 3.02. The molecule has 6 rings (SSSR count). The average Bonchev–Trinajstić information content (AvgIpc) is 3.42. The number of para-hydroxylation sites is 1. The fourth-order valence-corrected chi connectivity index (χ4v) is 5.44. The molecule has 1 N–H and O–H groups in total. The summed E-state index contributed by atoms with van der Waals surface area (Å²) in [4.78, 5) is 33.6. The molecule has 2 aromatic heterocycles. The maximum Gasteiger partial charge on any atom is 0.297 e. The minimum atomic E-state index is -0.824. The molecule has 3 heterocycles. The number of nitrogens with zero attached hydrogens (tertiary/aromatic N) is 2. The van der Waals surface area contributed by atoms with E-state index in [1.54, 1.807) is 49.6 Å². The summed E-state index contributed by atoms with van der Waals surface area (Å²) in [5, 5.41) is 10.9. The maximum atomic E-state index is 13.8. The number of phenolic OH excluding ortho intramolecular Hbond substituents is 1. The molecule has 5 aromatic rings. The molecule has 1 atom stereocenters. The molecular weight excluding hydrogens is 468 g/mol. The van der Waals surface area contributed by atoms with Crippen molar-refractivity contribution in [3.05, 3.63) is 87.8 Å². The number of hydrogen-bond acceptors (Lipinski definition) is 8. The lowest BCUT2D eigenvalue weighted by Crippen LogP contribution is -2.29. The number of aromatic nitrogens is 1. The SMILES string of the molecule is COc1ccc2nc(N3C(=O)c4oc5ccccc5c(=O)c4[C@@H]3c3ccc(O)c(OC)c3)sc2c1. The summed E-state index contributed by atoms with van der Waals surface area (Å²) in [6, 6.07) is 16.2. The molecule has 174 valence electrons. The first kappa shape index (κ1) is 21.2. The summed E-state index contributed by atoms with van der Waals surface area (Å²) in [5.74, 6) is 0.354. The number of thiazole rings is 1. The van der Waals surface area contributed by atoms with Gasteiger partial charge in [0.05, 0.1) is 41.4 Å². The number of aromatic hydroxyl groups is 1. The molecule has 0 saturated carbocycles. The van der Waals surface area contributed by atoms with Crippen LogP contribution in [0.4, 0.5) is 5.13 Å². The standard InChI is InChI=1S/C26H18N2O6S/c1-32-14-8-9-16-20(12-14)35-26(27-16)28-22(13-7-10-17(29)19(11-13)33-2)21-23(30)15-5-3-4-6-18(15)34-24(21)25(28)31/h3-12,22,29H,1-2H3/t22-/m0/s1. The molecular formula is C26H18N2O6S. The first-order chi connectivity index (χ1) is 17.0. The Morgan fingerprint density at radius 3 is 2.66 bits per heavy atom. The molecule has 35 heavy (non-hydrogen) atoms. The summed E-state index contributed by atoms with van der Waals surface area (Å²) in [6.07, 6.45) is 0. The topological polar surface area (TPSA) is 102 Å². The van der Waals surface area contributed by atoms with Crippen LogP contribution in [0.5, 0.6) is 17.2 Å². The third-order valence-corrected chi connectivity index (χ3v) is 7.11. The highest BCUT2D eigenvalue weighted by Gasteiger charge is 2.45. The fourth-order valence-electron chi connectivity index (χ4n) is 4.42. The minimum absolute atomic E-state index is 0.0254. The number of methoxy groups -OCH3 is 2. The van der Waals surface area contributed by atoms with Gasteiger partial charge in [-0.1, -0.05) is 29.5 Å². The van der Waals surface area contributed by atoms with Gasteiger partial charge in [0.15, 0.2) is 22.1 Å². The van der Waals surface area contributed by atoms with E-state index in [4.69, 9.17) is 13.9 Å². The Morgan fingerprint density at radius 1 is 1.03 bits per heavy atom. The van der Waals surface area contributed by atoms with E-state index in [9.17, 15) is 14.7 Å². The second-order valence-electron chi connectivity index (χ2n) is 8.01. The number of benzene rings is 3. The molecule has 1 amide bonds. The molecule has 8 nitrogen and oxygen atoms in total. The van der Waals surface area contributed by atoms with Gasteiger partial charge in [-0.25, -0.2) is 4.98 Å². The Kier molecular flexibility index (Phi) is 4.75. The van der Waals surface area contributed by atoms with Gasteiger partial charge in [0, 0.05) is 0 Å². The van der Waals surface area contributed by atoms with Crippen LogP contribution < -0.4 is 19.8 Å². The number of rotatable bonds is 4. The van der Waals surface area contributed by atoms with Crippen molar-refractivity contribution in [1.29, 1.82) is 0 Å². The van der Waals surface area contributed by atoms with E-state index in [1.807, 2.05) is 12.1 Å². The summed E-state index contributed by atoms with van der Waals surface area (Å²) in [5.41, 5.74) is 1.53. The highest BCUT2D eigenvalue weighted by Crippen LogP contribution is 2.45. The van der Waals surface area contributed by atoms with Crippen LogP contribution in [0.1, 0.15) is 27.7 Å². The van der Waals surface area contributed by atoms with Crippen molar-refractivity contribution in [2.45, 2.75) is 6.04 Å². The lowest BCUT2D eigenvalue weighted by atomic mass is 9.98. The predicted molar refractivity (Wildman–Crippen MR) is 132 cm³/mol. The van der Waals surface area contributed by atoms with Crippen LogP contribution in [0.25, 0.3) is 21.2 Å². The normalized spacial score (nSPS) is 15.1.